The van der Waals surface area contributed by atoms with Gasteiger partial charge in [0, 0.05) is 25.7 Å². The van der Waals surface area contributed by atoms with E-state index in [1.165, 1.54) is 6.39 Å². The van der Waals surface area contributed by atoms with Crippen LogP contribution >= 0.6 is 0 Å². The fourth-order valence-corrected chi connectivity index (χ4v) is 1.70. The summed E-state index contributed by atoms with van der Waals surface area (Å²) in [6.45, 7) is 4.87. The van der Waals surface area contributed by atoms with Crippen molar-refractivity contribution in [2.45, 2.75) is 25.9 Å². The van der Waals surface area contributed by atoms with Crippen molar-refractivity contribution in [3.63, 3.8) is 0 Å². The molecule has 4 nitrogen and oxygen atoms in total. The number of rotatable bonds is 2. The summed E-state index contributed by atoms with van der Waals surface area (Å²) in [6, 6.07) is 0.340. The monoisotopic (exact) mass is 181 g/mol. The molecule has 0 radical (unpaired) electrons. The third-order valence-electron chi connectivity index (χ3n) is 2.53. The number of nitrogens with two attached hydrogens (primary N) is 1. The number of aryl methyl sites for hydroxylation is 1. The molecular weight excluding hydrogens is 166 g/mol. The molecule has 2 rings (SSSR count). The standard InChI is InChI=1S/C9H15N3O/c1-7-9(11-6-13-7)5-12-3-2-8(10)4-12/h6,8H,2-5,10H2,1H3. The molecule has 0 bridgehead atoms. The maximum atomic E-state index is 5.81. The van der Waals surface area contributed by atoms with Gasteiger partial charge in [-0.2, -0.15) is 0 Å². The van der Waals surface area contributed by atoms with E-state index >= 15 is 0 Å². The molecule has 1 unspecified atom stereocenters. The summed E-state index contributed by atoms with van der Waals surface area (Å²) >= 11 is 0. The van der Waals surface area contributed by atoms with E-state index in [4.69, 9.17) is 10.2 Å². The zero-order valence-electron chi connectivity index (χ0n) is 7.86. The third kappa shape index (κ3) is 1.89. The minimum absolute atomic E-state index is 0.340. The Bertz CT molecular complexity index is 284. The molecule has 1 aromatic rings. The molecule has 1 atom stereocenters. The van der Waals surface area contributed by atoms with Gasteiger partial charge in [-0.25, -0.2) is 4.98 Å². The highest BCUT2D eigenvalue weighted by Gasteiger charge is 2.20. The van der Waals surface area contributed by atoms with E-state index in [1.54, 1.807) is 0 Å². The van der Waals surface area contributed by atoms with Crippen LogP contribution in [0, 0.1) is 6.92 Å². The Kier molecular flexibility index (Phi) is 2.33. The molecule has 72 valence electrons. The molecule has 0 aromatic carbocycles. The van der Waals surface area contributed by atoms with Gasteiger partial charge in [0.05, 0.1) is 5.69 Å². The third-order valence-corrected chi connectivity index (χ3v) is 2.53. The average Bonchev–Trinajstić information content (AvgIpc) is 2.64. The second-order valence-electron chi connectivity index (χ2n) is 3.64. The smallest absolute Gasteiger partial charge is 0.181 e. The maximum absolute atomic E-state index is 5.81. The maximum Gasteiger partial charge on any atom is 0.181 e. The average molecular weight is 181 g/mol. The highest BCUT2D eigenvalue weighted by atomic mass is 16.3. The van der Waals surface area contributed by atoms with Crippen molar-refractivity contribution in [1.29, 1.82) is 0 Å². The van der Waals surface area contributed by atoms with Crippen LogP contribution in [0.5, 0.6) is 0 Å². The van der Waals surface area contributed by atoms with Crippen LogP contribution in [0.4, 0.5) is 0 Å². The second kappa shape index (κ2) is 3.47. The summed E-state index contributed by atoms with van der Waals surface area (Å²) in [5.74, 6) is 0.917. The van der Waals surface area contributed by atoms with Crippen LogP contribution in [0.2, 0.25) is 0 Å². The Morgan fingerprint density at radius 2 is 2.62 bits per heavy atom. The van der Waals surface area contributed by atoms with E-state index in [2.05, 4.69) is 9.88 Å². The molecule has 1 aliphatic rings. The normalized spacial score (nSPS) is 24.0. The molecule has 0 amide bonds. The van der Waals surface area contributed by atoms with Gasteiger partial charge in [0.15, 0.2) is 6.39 Å². The zero-order chi connectivity index (χ0) is 9.26. The number of aromatic nitrogens is 1. The predicted octanol–water partition coefficient (Wildman–Crippen LogP) is 0.516. The lowest BCUT2D eigenvalue weighted by Gasteiger charge is -2.12. The number of likely N-dealkylation sites (tertiary alicyclic amines) is 1. The van der Waals surface area contributed by atoms with Gasteiger partial charge in [0.1, 0.15) is 5.76 Å². The lowest BCUT2D eigenvalue weighted by molar-refractivity contribution is 0.321. The minimum Gasteiger partial charge on any atom is -0.448 e. The summed E-state index contributed by atoms with van der Waals surface area (Å²) in [5.41, 5.74) is 6.84. The summed E-state index contributed by atoms with van der Waals surface area (Å²) in [6.07, 6.45) is 2.59. The predicted molar refractivity (Wildman–Crippen MR) is 49.1 cm³/mol. The van der Waals surface area contributed by atoms with Gasteiger partial charge < -0.3 is 10.2 Å². The van der Waals surface area contributed by atoms with Gasteiger partial charge in [-0.05, 0) is 13.3 Å². The van der Waals surface area contributed by atoms with Crippen LogP contribution in [-0.2, 0) is 6.54 Å². The van der Waals surface area contributed by atoms with Crippen molar-refractivity contribution in [3.05, 3.63) is 17.8 Å². The molecular formula is C9H15N3O. The Balaban J connectivity index is 1.95. The Labute approximate surface area is 77.7 Å². The van der Waals surface area contributed by atoms with Crippen LogP contribution in [0.25, 0.3) is 0 Å². The van der Waals surface area contributed by atoms with Gasteiger partial charge in [-0.15, -0.1) is 0 Å². The molecule has 1 saturated heterocycles. The molecule has 1 aliphatic heterocycles. The fraction of sp³-hybridized carbons (Fsp3) is 0.667. The summed E-state index contributed by atoms with van der Waals surface area (Å²) in [7, 11) is 0. The molecule has 1 fully saturated rings. The fourth-order valence-electron chi connectivity index (χ4n) is 1.70. The summed E-state index contributed by atoms with van der Waals surface area (Å²) in [4.78, 5) is 6.47. The highest BCUT2D eigenvalue weighted by molar-refractivity contribution is 5.04. The van der Waals surface area contributed by atoms with Gasteiger partial charge in [-0.1, -0.05) is 0 Å². The van der Waals surface area contributed by atoms with Crippen molar-refractivity contribution in [2.75, 3.05) is 13.1 Å². The lowest BCUT2D eigenvalue weighted by atomic mass is 10.3. The minimum atomic E-state index is 0.340. The topological polar surface area (TPSA) is 55.3 Å². The Morgan fingerprint density at radius 3 is 3.15 bits per heavy atom. The van der Waals surface area contributed by atoms with Crippen LogP contribution < -0.4 is 5.73 Å². The van der Waals surface area contributed by atoms with Crippen molar-refractivity contribution in [3.8, 4) is 0 Å². The molecule has 0 spiro atoms. The highest BCUT2D eigenvalue weighted by Crippen LogP contribution is 2.13. The molecule has 0 aliphatic carbocycles. The van der Waals surface area contributed by atoms with Crippen LogP contribution in [0.3, 0.4) is 0 Å². The van der Waals surface area contributed by atoms with Crippen molar-refractivity contribution in [1.82, 2.24) is 9.88 Å². The van der Waals surface area contributed by atoms with Crippen LogP contribution in [0.15, 0.2) is 10.8 Å². The lowest BCUT2D eigenvalue weighted by Crippen LogP contribution is -2.26. The van der Waals surface area contributed by atoms with Gasteiger partial charge in [-0.3, -0.25) is 4.90 Å². The van der Waals surface area contributed by atoms with Gasteiger partial charge in [0.2, 0.25) is 0 Å². The van der Waals surface area contributed by atoms with Gasteiger partial charge >= 0.3 is 0 Å². The number of nitrogens with zero attached hydrogens (tertiary/aromatic N) is 2. The molecule has 13 heavy (non-hydrogen) atoms. The quantitative estimate of drug-likeness (QED) is 0.722. The van der Waals surface area contributed by atoms with E-state index in [0.29, 0.717) is 6.04 Å². The first kappa shape index (κ1) is 8.72. The number of oxazole rings is 1. The van der Waals surface area contributed by atoms with Crippen molar-refractivity contribution < 1.29 is 4.42 Å². The van der Waals surface area contributed by atoms with E-state index in [-0.39, 0.29) is 0 Å². The van der Waals surface area contributed by atoms with Crippen molar-refractivity contribution >= 4 is 0 Å². The molecule has 1 aromatic heterocycles. The van der Waals surface area contributed by atoms with Gasteiger partial charge in [0.25, 0.3) is 0 Å². The first-order valence-corrected chi connectivity index (χ1v) is 4.62. The molecule has 2 N–H and O–H groups in total. The Hall–Kier alpha value is -0.870. The van der Waals surface area contributed by atoms with E-state index in [1.807, 2.05) is 6.92 Å². The van der Waals surface area contributed by atoms with Crippen LogP contribution in [0.1, 0.15) is 17.9 Å². The molecule has 0 saturated carbocycles. The second-order valence-corrected chi connectivity index (χ2v) is 3.64. The summed E-state index contributed by atoms with van der Waals surface area (Å²) in [5, 5.41) is 0. The first-order chi connectivity index (χ1) is 6.25. The van der Waals surface area contributed by atoms with E-state index in [9.17, 15) is 0 Å². The molecule has 2 heterocycles. The number of hydrogen-bond acceptors (Lipinski definition) is 4. The molecule has 4 heteroatoms. The van der Waals surface area contributed by atoms with Crippen molar-refractivity contribution in [2.24, 2.45) is 5.73 Å². The Morgan fingerprint density at radius 1 is 1.77 bits per heavy atom. The van der Waals surface area contributed by atoms with E-state index in [0.717, 1.165) is 37.5 Å². The number of hydrogen-bond donors (Lipinski definition) is 1. The largest absolute Gasteiger partial charge is 0.448 e. The van der Waals surface area contributed by atoms with E-state index < -0.39 is 0 Å². The summed E-state index contributed by atoms with van der Waals surface area (Å²) < 4.78 is 5.13. The zero-order valence-corrected chi connectivity index (χ0v) is 7.86. The SMILES string of the molecule is Cc1ocnc1CN1CCC(N)C1. The van der Waals surface area contributed by atoms with Crippen LogP contribution in [-0.4, -0.2) is 29.0 Å². The first-order valence-electron chi connectivity index (χ1n) is 4.62.